The van der Waals surface area contributed by atoms with Crippen LogP contribution in [0.1, 0.15) is 37.8 Å². The minimum atomic E-state index is -0.420. The van der Waals surface area contributed by atoms with Gasteiger partial charge in [-0.05, 0) is 45.0 Å². The van der Waals surface area contributed by atoms with Crippen molar-refractivity contribution in [3.8, 4) is 5.69 Å². The Morgan fingerprint density at radius 3 is 2.47 bits per heavy atom. The van der Waals surface area contributed by atoms with Gasteiger partial charge in [-0.1, -0.05) is 42.8 Å². The van der Waals surface area contributed by atoms with Crippen molar-refractivity contribution in [2.45, 2.75) is 33.6 Å². The van der Waals surface area contributed by atoms with Crippen LogP contribution in [0.15, 0.2) is 70.7 Å². The quantitative estimate of drug-likeness (QED) is 0.573. The van der Waals surface area contributed by atoms with E-state index in [0.717, 1.165) is 16.8 Å². The summed E-state index contributed by atoms with van der Waals surface area (Å²) in [6.07, 6.45) is 0. The number of nitrogens with one attached hydrogen (secondary N) is 2. The van der Waals surface area contributed by atoms with Crippen LogP contribution < -0.4 is 16.3 Å². The molecule has 0 aliphatic carbocycles. The Bertz CT molecular complexity index is 1240. The third-order valence-electron chi connectivity index (χ3n) is 5.53. The van der Waals surface area contributed by atoms with Crippen LogP contribution in [0, 0.1) is 6.92 Å². The molecule has 2 aromatic carbocycles. The molecule has 0 saturated heterocycles. The summed E-state index contributed by atoms with van der Waals surface area (Å²) in [4.78, 5) is 30.3. The molecule has 7 heteroatoms. The normalized spacial score (nSPS) is 15.1. The lowest BCUT2D eigenvalue weighted by atomic mass is 9.88. The second-order valence-electron chi connectivity index (χ2n) is 7.77. The first-order valence-corrected chi connectivity index (χ1v) is 10.6. The minimum Gasteiger partial charge on any atom is -0.463 e. The number of hydrogen-bond acceptors (Lipinski definition) is 6. The van der Waals surface area contributed by atoms with Crippen LogP contribution in [-0.4, -0.2) is 22.1 Å². The predicted molar refractivity (Wildman–Crippen MR) is 126 cm³/mol. The molecule has 0 bridgehead atoms. The minimum absolute atomic E-state index is 0.283. The number of para-hydroxylation sites is 1. The highest BCUT2D eigenvalue weighted by atomic mass is 16.5. The van der Waals surface area contributed by atoms with E-state index in [1.54, 1.807) is 6.92 Å². The molecule has 0 saturated carbocycles. The number of aryl methyl sites for hydroxylation is 1. The number of carbonyl (C=O) groups excluding carboxylic acids is 1. The highest BCUT2D eigenvalue weighted by molar-refractivity contribution is 5.94. The van der Waals surface area contributed by atoms with Gasteiger partial charge in [-0.15, -0.1) is 0 Å². The van der Waals surface area contributed by atoms with E-state index < -0.39 is 5.69 Å². The fraction of sp³-hybridized carbons (Fsp3) is 0.240. The molecule has 7 nitrogen and oxygen atoms in total. The fourth-order valence-electron chi connectivity index (χ4n) is 4.01. The molecular weight excluding hydrogens is 404 g/mol. The monoisotopic (exact) mass is 430 g/mol. The first-order valence-electron chi connectivity index (χ1n) is 10.6. The molecule has 0 radical (unpaired) electrons. The molecule has 32 heavy (non-hydrogen) atoms. The van der Waals surface area contributed by atoms with E-state index in [0.29, 0.717) is 28.6 Å². The Labute approximate surface area is 186 Å². The Balaban J connectivity index is 1.92. The number of fused-ring (bicyclic) bond motifs is 1. The molecule has 1 atom stereocenters. The Kier molecular flexibility index (Phi) is 5.81. The average molecular weight is 431 g/mol. The lowest BCUT2D eigenvalue weighted by Crippen LogP contribution is -2.32. The third kappa shape index (κ3) is 3.89. The summed E-state index contributed by atoms with van der Waals surface area (Å²) in [7, 11) is 0. The summed E-state index contributed by atoms with van der Waals surface area (Å²) in [6, 6.07) is 17.1. The van der Waals surface area contributed by atoms with Gasteiger partial charge in [0.2, 0.25) is 0 Å². The molecule has 2 heterocycles. The van der Waals surface area contributed by atoms with Crippen LogP contribution >= 0.6 is 0 Å². The van der Waals surface area contributed by atoms with Crippen molar-refractivity contribution < 1.29 is 9.53 Å². The number of benzene rings is 2. The van der Waals surface area contributed by atoms with Crippen LogP contribution in [-0.2, 0) is 9.53 Å². The van der Waals surface area contributed by atoms with Crippen LogP contribution in [0.4, 0.5) is 17.3 Å². The summed E-state index contributed by atoms with van der Waals surface area (Å²) < 4.78 is 6.84. The van der Waals surface area contributed by atoms with E-state index in [4.69, 9.17) is 4.74 Å². The van der Waals surface area contributed by atoms with E-state index in [2.05, 4.69) is 15.6 Å². The van der Waals surface area contributed by atoms with E-state index in [1.807, 2.05) is 75.4 Å². The fourth-order valence-corrected chi connectivity index (χ4v) is 4.01. The highest BCUT2D eigenvalue weighted by Crippen LogP contribution is 2.41. The molecule has 0 fully saturated rings. The van der Waals surface area contributed by atoms with Crippen molar-refractivity contribution in [3.05, 3.63) is 87.5 Å². The van der Waals surface area contributed by atoms with E-state index in [9.17, 15) is 9.59 Å². The smallest absolute Gasteiger partial charge is 0.355 e. The molecule has 2 N–H and O–H groups in total. The topological polar surface area (TPSA) is 85.2 Å². The number of carbonyl (C=O) groups is 1. The molecule has 1 aliphatic rings. The summed E-state index contributed by atoms with van der Waals surface area (Å²) in [6.45, 7) is 7.82. The maximum absolute atomic E-state index is 13.2. The molecule has 0 amide bonds. The van der Waals surface area contributed by atoms with Crippen molar-refractivity contribution in [1.29, 1.82) is 0 Å². The van der Waals surface area contributed by atoms with Crippen molar-refractivity contribution in [2.24, 2.45) is 0 Å². The van der Waals surface area contributed by atoms with Gasteiger partial charge in [0.05, 0.1) is 17.9 Å². The Morgan fingerprint density at radius 2 is 1.81 bits per heavy atom. The first kappa shape index (κ1) is 21.4. The van der Waals surface area contributed by atoms with Crippen LogP contribution in [0.2, 0.25) is 0 Å². The average Bonchev–Trinajstić information content (AvgIpc) is 2.76. The SMILES string of the molecule is CCOC(=O)C1=C(C)Nc2c(c(Nc3ccc(C)cc3)nc(=O)n2-c2ccccc2)C1C. The molecule has 1 aliphatic heterocycles. The number of rotatable bonds is 5. The third-order valence-corrected chi connectivity index (χ3v) is 5.53. The number of nitrogens with zero attached hydrogens (tertiary/aromatic N) is 2. The largest absolute Gasteiger partial charge is 0.463 e. The van der Waals surface area contributed by atoms with Gasteiger partial charge in [-0.2, -0.15) is 4.98 Å². The van der Waals surface area contributed by atoms with Gasteiger partial charge in [0.1, 0.15) is 11.6 Å². The standard InChI is InChI=1S/C25H26N4O3/c1-5-32-24(30)20-16(3)21-22(27-18-13-11-15(2)12-14-18)28-25(31)29(23(21)26-17(20)4)19-9-7-6-8-10-19/h6-14,16,26H,5H2,1-4H3,(H,27,28,31). The molecule has 0 spiro atoms. The molecule has 3 aromatic rings. The van der Waals surface area contributed by atoms with Crippen LogP contribution in [0.5, 0.6) is 0 Å². The molecular formula is C25H26N4O3. The summed E-state index contributed by atoms with van der Waals surface area (Å²) >= 11 is 0. The zero-order chi connectivity index (χ0) is 22.8. The summed E-state index contributed by atoms with van der Waals surface area (Å²) in [5.41, 5.74) is 4.10. The molecule has 164 valence electrons. The number of anilines is 3. The highest BCUT2D eigenvalue weighted by Gasteiger charge is 2.34. The maximum atomic E-state index is 13.2. The lowest BCUT2D eigenvalue weighted by Gasteiger charge is -2.30. The van der Waals surface area contributed by atoms with Crippen molar-refractivity contribution in [3.63, 3.8) is 0 Å². The van der Waals surface area contributed by atoms with Crippen molar-refractivity contribution in [2.75, 3.05) is 17.2 Å². The lowest BCUT2D eigenvalue weighted by molar-refractivity contribution is -0.138. The maximum Gasteiger partial charge on any atom is 0.355 e. The van der Waals surface area contributed by atoms with Gasteiger partial charge < -0.3 is 15.4 Å². The van der Waals surface area contributed by atoms with Crippen molar-refractivity contribution >= 4 is 23.3 Å². The molecule has 1 unspecified atom stereocenters. The van der Waals surface area contributed by atoms with Gasteiger partial charge in [0.25, 0.3) is 0 Å². The predicted octanol–water partition coefficient (Wildman–Crippen LogP) is 4.65. The van der Waals surface area contributed by atoms with Crippen LogP contribution in [0.25, 0.3) is 5.69 Å². The Morgan fingerprint density at radius 1 is 1.12 bits per heavy atom. The number of esters is 1. The van der Waals surface area contributed by atoms with Crippen LogP contribution in [0.3, 0.4) is 0 Å². The molecule has 4 rings (SSSR count). The van der Waals surface area contributed by atoms with E-state index in [1.165, 1.54) is 4.57 Å². The van der Waals surface area contributed by atoms with Crippen molar-refractivity contribution in [1.82, 2.24) is 9.55 Å². The van der Waals surface area contributed by atoms with E-state index in [-0.39, 0.29) is 18.5 Å². The Hall–Kier alpha value is -3.87. The van der Waals surface area contributed by atoms with Gasteiger partial charge in [0.15, 0.2) is 0 Å². The zero-order valence-corrected chi connectivity index (χ0v) is 18.6. The number of aromatic nitrogens is 2. The van der Waals surface area contributed by atoms with E-state index >= 15 is 0 Å². The summed E-state index contributed by atoms with van der Waals surface area (Å²) in [5, 5.41) is 6.56. The van der Waals surface area contributed by atoms with Gasteiger partial charge in [-0.25, -0.2) is 14.2 Å². The van der Waals surface area contributed by atoms with Gasteiger partial charge in [-0.3, -0.25) is 0 Å². The van der Waals surface area contributed by atoms with Gasteiger partial charge >= 0.3 is 11.7 Å². The number of allylic oxidation sites excluding steroid dienone is 1. The first-order chi connectivity index (χ1) is 15.4. The second-order valence-corrected chi connectivity index (χ2v) is 7.77. The summed E-state index contributed by atoms with van der Waals surface area (Å²) in [5.74, 6) is 0.273. The second kappa shape index (κ2) is 8.70. The number of ether oxygens (including phenoxy) is 1. The zero-order valence-electron chi connectivity index (χ0n) is 18.6. The van der Waals surface area contributed by atoms with Gasteiger partial charge in [0, 0.05) is 22.9 Å². The number of hydrogen-bond donors (Lipinski definition) is 2. The molecule has 1 aromatic heterocycles.